The van der Waals surface area contributed by atoms with Crippen molar-refractivity contribution in [2.45, 2.75) is 34.6 Å². The minimum absolute atomic E-state index is 0.142. The van der Waals surface area contributed by atoms with Crippen molar-refractivity contribution in [2.75, 3.05) is 6.61 Å². The van der Waals surface area contributed by atoms with Crippen molar-refractivity contribution in [2.24, 2.45) is 5.41 Å². The third kappa shape index (κ3) is 2.44. The average molecular weight is 289 g/mol. The summed E-state index contributed by atoms with van der Waals surface area (Å²) in [7, 11) is 0. The summed E-state index contributed by atoms with van der Waals surface area (Å²) >= 11 is 0. The van der Waals surface area contributed by atoms with E-state index in [0.29, 0.717) is 11.3 Å². The molecule has 112 valence electrons. The zero-order chi connectivity index (χ0) is 15.9. The number of ketones is 2. The molecule has 5 nitrogen and oxygen atoms in total. The van der Waals surface area contributed by atoms with Crippen LogP contribution >= 0.6 is 0 Å². The van der Waals surface area contributed by atoms with Gasteiger partial charge in [0, 0.05) is 11.3 Å². The van der Waals surface area contributed by atoms with Crippen LogP contribution in [0.3, 0.4) is 0 Å². The van der Waals surface area contributed by atoms with Crippen LogP contribution in [0.4, 0.5) is 0 Å². The van der Waals surface area contributed by atoms with E-state index in [1.54, 1.807) is 13.8 Å². The molecular weight excluding hydrogens is 270 g/mol. The lowest BCUT2D eigenvalue weighted by atomic mass is 9.77. The van der Waals surface area contributed by atoms with Crippen LogP contribution in [0.1, 0.15) is 64.6 Å². The molecule has 1 aromatic rings. The SMILES string of the molecule is CCOC(=O)c1c(C)[nH]c2c1C(=O)C(C(C)(C)C)=CC2=O. The summed E-state index contributed by atoms with van der Waals surface area (Å²) in [6.07, 6.45) is 1.36. The molecule has 0 fully saturated rings. The van der Waals surface area contributed by atoms with Gasteiger partial charge >= 0.3 is 5.97 Å². The first-order chi connectivity index (χ1) is 9.68. The quantitative estimate of drug-likeness (QED) is 0.849. The molecule has 21 heavy (non-hydrogen) atoms. The number of hydrogen-bond donors (Lipinski definition) is 1. The van der Waals surface area contributed by atoms with Crippen molar-refractivity contribution < 1.29 is 19.1 Å². The Morgan fingerprint density at radius 3 is 2.43 bits per heavy atom. The highest BCUT2D eigenvalue weighted by molar-refractivity contribution is 6.27. The molecule has 5 heteroatoms. The maximum atomic E-state index is 12.7. The molecule has 0 amide bonds. The maximum Gasteiger partial charge on any atom is 0.340 e. The van der Waals surface area contributed by atoms with E-state index in [-0.39, 0.29) is 35.0 Å². The molecule has 0 aromatic carbocycles. The average Bonchev–Trinajstić information content (AvgIpc) is 2.71. The number of allylic oxidation sites excluding steroid dienone is 2. The first-order valence-electron chi connectivity index (χ1n) is 6.89. The van der Waals surface area contributed by atoms with Gasteiger partial charge in [0.05, 0.1) is 23.4 Å². The molecule has 1 heterocycles. The minimum Gasteiger partial charge on any atom is -0.462 e. The summed E-state index contributed by atoms with van der Waals surface area (Å²) in [5.74, 6) is -1.15. The topological polar surface area (TPSA) is 76.2 Å². The fraction of sp³-hybridized carbons (Fsp3) is 0.438. The fourth-order valence-corrected chi connectivity index (χ4v) is 2.46. The second kappa shape index (κ2) is 4.98. The van der Waals surface area contributed by atoms with Crippen LogP contribution in [0.15, 0.2) is 11.6 Å². The van der Waals surface area contributed by atoms with Crippen LogP contribution in [0, 0.1) is 12.3 Å². The summed E-state index contributed by atoms with van der Waals surface area (Å²) in [6.45, 7) is 9.14. The molecule has 0 saturated carbocycles. The van der Waals surface area contributed by atoms with Gasteiger partial charge in [0.2, 0.25) is 5.78 Å². The minimum atomic E-state index is -0.580. The van der Waals surface area contributed by atoms with E-state index in [9.17, 15) is 14.4 Å². The Kier molecular flexibility index (Phi) is 3.61. The van der Waals surface area contributed by atoms with Gasteiger partial charge in [-0.2, -0.15) is 0 Å². The molecular formula is C16H19NO4. The number of aryl methyl sites for hydroxylation is 1. The van der Waals surface area contributed by atoms with Crippen LogP contribution in [-0.2, 0) is 4.74 Å². The van der Waals surface area contributed by atoms with Gasteiger partial charge in [-0.05, 0) is 25.3 Å². The number of carbonyl (C=O) groups is 3. The number of aromatic nitrogens is 1. The number of Topliss-reactive ketones (excluding diaryl/α,β-unsaturated/α-hetero) is 1. The van der Waals surface area contributed by atoms with Crippen LogP contribution in [0.2, 0.25) is 0 Å². The van der Waals surface area contributed by atoms with Crippen molar-refractivity contribution in [3.05, 3.63) is 34.2 Å². The number of aromatic amines is 1. The van der Waals surface area contributed by atoms with E-state index in [1.807, 2.05) is 20.8 Å². The van der Waals surface area contributed by atoms with Crippen molar-refractivity contribution in [3.63, 3.8) is 0 Å². The Hall–Kier alpha value is -2.17. The van der Waals surface area contributed by atoms with Crippen LogP contribution < -0.4 is 0 Å². The predicted molar refractivity (Wildman–Crippen MR) is 77.7 cm³/mol. The first kappa shape index (κ1) is 15.2. The van der Waals surface area contributed by atoms with Gasteiger partial charge in [0.15, 0.2) is 5.78 Å². The standard InChI is InChI=1S/C16H19NO4/c1-6-21-15(20)11-8(2)17-13-10(18)7-9(16(3,4)5)14(19)12(11)13/h7,17H,6H2,1-5H3. The molecule has 1 N–H and O–H groups in total. The second-order valence-corrected chi connectivity index (χ2v) is 6.10. The summed E-state index contributed by atoms with van der Waals surface area (Å²) < 4.78 is 5.00. The third-order valence-electron chi connectivity index (χ3n) is 3.47. The van der Waals surface area contributed by atoms with Gasteiger partial charge < -0.3 is 9.72 Å². The van der Waals surface area contributed by atoms with E-state index in [4.69, 9.17) is 4.74 Å². The van der Waals surface area contributed by atoms with Gasteiger partial charge in [-0.15, -0.1) is 0 Å². The van der Waals surface area contributed by atoms with E-state index in [2.05, 4.69) is 4.98 Å². The molecule has 0 bridgehead atoms. The summed E-state index contributed by atoms with van der Waals surface area (Å²) in [4.78, 5) is 39.8. The van der Waals surface area contributed by atoms with Crippen molar-refractivity contribution in [3.8, 4) is 0 Å². The highest BCUT2D eigenvalue weighted by Gasteiger charge is 2.38. The Morgan fingerprint density at radius 1 is 1.29 bits per heavy atom. The number of esters is 1. The predicted octanol–water partition coefficient (Wildman–Crippen LogP) is 2.85. The Labute approximate surface area is 123 Å². The Balaban J connectivity index is 2.64. The Morgan fingerprint density at radius 2 is 1.90 bits per heavy atom. The molecule has 1 aliphatic carbocycles. The molecule has 0 radical (unpaired) electrons. The zero-order valence-corrected chi connectivity index (χ0v) is 12.9. The molecule has 0 saturated heterocycles. The van der Waals surface area contributed by atoms with Gasteiger partial charge in [-0.1, -0.05) is 20.8 Å². The number of nitrogens with one attached hydrogen (secondary N) is 1. The highest BCUT2D eigenvalue weighted by atomic mass is 16.5. The van der Waals surface area contributed by atoms with Gasteiger partial charge in [-0.25, -0.2) is 4.79 Å². The molecule has 0 unspecified atom stereocenters. The van der Waals surface area contributed by atoms with Crippen molar-refractivity contribution in [1.29, 1.82) is 0 Å². The lowest BCUT2D eigenvalue weighted by Gasteiger charge is -2.24. The maximum absolute atomic E-state index is 12.7. The lowest BCUT2D eigenvalue weighted by molar-refractivity contribution is 0.0522. The normalized spacial score (nSPS) is 14.8. The first-order valence-corrected chi connectivity index (χ1v) is 6.89. The van der Waals surface area contributed by atoms with Crippen LogP contribution in [0.5, 0.6) is 0 Å². The number of ether oxygens (including phenoxy) is 1. The largest absolute Gasteiger partial charge is 0.462 e. The number of rotatable bonds is 2. The molecule has 0 aliphatic heterocycles. The summed E-state index contributed by atoms with van der Waals surface area (Å²) in [5.41, 5.74) is 0.895. The van der Waals surface area contributed by atoms with E-state index in [0.717, 1.165) is 0 Å². The van der Waals surface area contributed by atoms with Crippen LogP contribution in [-0.4, -0.2) is 29.1 Å². The molecule has 1 aliphatic rings. The monoisotopic (exact) mass is 289 g/mol. The Bertz CT molecular complexity index is 671. The van der Waals surface area contributed by atoms with Crippen molar-refractivity contribution >= 4 is 17.5 Å². The third-order valence-corrected chi connectivity index (χ3v) is 3.47. The zero-order valence-electron chi connectivity index (χ0n) is 12.9. The van der Waals surface area contributed by atoms with E-state index in [1.165, 1.54) is 6.08 Å². The highest BCUT2D eigenvalue weighted by Crippen LogP contribution is 2.35. The molecule has 0 atom stereocenters. The van der Waals surface area contributed by atoms with E-state index < -0.39 is 11.4 Å². The van der Waals surface area contributed by atoms with Gasteiger partial charge in [-0.3, -0.25) is 9.59 Å². The fourth-order valence-electron chi connectivity index (χ4n) is 2.46. The lowest BCUT2D eigenvalue weighted by Crippen LogP contribution is -2.26. The van der Waals surface area contributed by atoms with Crippen LogP contribution in [0.25, 0.3) is 0 Å². The molecule has 0 spiro atoms. The summed E-state index contributed by atoms with van der Waals surface area (Å²) in [6, 6.07) is 0. The van der Waals surface area contributed by atoms with Gasteiger partial charge in [0.25, 0.3) is 0 Å². The van der Waals surface area contributed by atoms with Gasteiger partial charge in [0.1, 0.15) is 0 Å². The van der Waals surface area contributed by atoms with Crippen molar-refractivity contribution in [1.82, 2.24) is 4.98 Å². The molecule has 2 rings (SSSR count). The smallest absolute Gasteiger partial charge is 0.340 e. The second-order valence-electron chi connectivity index (χ2n) is 6.10. The number of fused-ring (bicyclic) bond motifs is 1. The number of carbonyl (C=O) groups excluding carboxylic acids is 3. The number of H-pyrrole nitrogens is 1. The number of hydrogen-bond acceptors (Lipinski definition) is 4. The van der Waals surface area contributed by atoms with E-state index >= 15 is 0 Å². The summed E-state index contributed by atoms with van der Waals surface area (Å²) in [5, 5.41) is 0. The molecule has 1 aromatic heterocycles.